The molecule has 39 heavy (non-hydrogen) atoms. The maximum absolute atomic E-state index is 13.1. The zero-order valence-electron chi connectivity index (χ0n) is 22.1. The van der Waals surface area contributed by atoms with Gasteiger partial charge >= 0.3 is 12.1 Å². The van der Waals surface area contributed by atoms with Gasteiger partial charge in [-0.05, 0) is 56.7 Å². The first kappa shape index (κ1) is 27.2. The number of ether oxygens (including phenoxy) is 2. The number of hydrogen-bond donors (Lipinski definition) is 2. The summed E-state index contributed by atoms with van der Waals surface area (Å²) in [6, 6.07) is 4.81. The number of rotatable bonds is 8. The van der Waals surface area contributed by atoms with E-state index in [1.54, 1.807) is 18.5 Å². The lowest BCUT2D eigenvalue weighted by Crippen LogP contribution is -2.66. The summed E-state index contributed by atoms with van der Waals surface area (Å²) >= 11 is 2.87. The molecule has 0 radical (unpaired) electrons. The lowest BCUT2D eigenvalue weighted by Gasteiger charge is -2.50. The van der Waals surface area contributed by atoms with E-state index >= 15 is 0 Å². The Morgan fingerprint density at radius 1 is 1.26 bits per heavy atom. The quantitative estimate of drug-likeness (QED) is 0.175. The van der Waals surface area contributed by atoms with Gasteiger partial charge in [0.25, 0.3) is 0 Å². The second-order valence-corrected chi connectivity index (χ2v) is 12.0. The molecule has 2 aliphatic heterocycles. The molecular weight excluding hydrogens is 542 g/mol. The Bertz CT molecular complexity index is 1500. The fraction of sp³-hybridized carbons (Fsp3) is 0.407. The molecule has 5 rings (SSSR count). The Kier molecular flexibility index (Phi) is 6.98. The zero-order chi connectivity index (χ0) is 28.2. The third-order valence-electron chi connectivity index (χ3n) is 7.42. The van der Waals surface area contributed by atoms with E-state index in [4.69, 9.17) is 9.47 Å². The van der Waals surface area contributed by atoms with Crippen molar-refractivity contribution < 1.29 is 34.1 Å². The van der Waals surface area contributed by atoms with Crippen LogP contribution in [0.2, 0.25) is 0 Å². The molecule has 2 aliphatic rings. The Labute approximate surface area is 233 Å². The molecule has 0 spiro atoms. The van der Waals surface area contributed by atoms with Gasteiger partial charge in [0.05, 0.1) is 29.5 Å². The number of β-lactam (4-membered cyclic amide) rings is 1. The van der Waals surface area contributed by atoms with Crippen molar-refractivity contribution in [2.75, 3.05) is 12.9 Å². The van der Waals surface area contributed by atoms with E-state index in [1.165, 1.54) is 34.9 Å². The smallest absolute Gasteiger partial charge is 0.477 e. The van der Waals surface area contributed by atoms with E-state index in [1.807, 2.05) is 43.7 Å². The first-order chi connectivity index (χ1) is 18.5. The SMILES string of the molecule is CSc1ncn2cc(C3=C(C(=O)O)N4C(=O)[C@H](C(C)O)[C@@H]4[C@@]3(C)CCOC(=O)Oc3cc(C)cc(C)c3)sc12. The summed E-state index contributed by atoms with van der Waals surface area (Å²) < 4.78 is 12.6. The molecule has 10 nitrogen and oxygen atoms in total. The molecule has 12 heteroatoms. The summed E-state index contributed by atoms with van der Waals surface area (Å²) in [7, 11) is 0. The molecule has 1 amide bonds. The number of carboxylic acid groups (broad SMARTS) is 1. The molecule has 2 N–H and O–H groups in total. The predicted octanol–water partition coefficient (Wildman–Crippen LogP) is 4.36. The van der Waals surface area contributed by atoms with Crippen molar-refractivity contribution in [2.24, 2.45) is 11.3 Å². The van der Waals surface area contributed by atoms with E-state index in [2.05, 4.69) is 4.98 Å². The highest BCUT2D eigenvalue weighted by atomic mass is 32.2. The molecule has 0 aliphatic carbocycles. The van der Waals surface area contributed by atoms with Gasteiger partial charge in [0.1, 0.15) is 27.6 Å². The van der Waals surface area contributed by atoms with E-state index in [0.29, 0.717) is 16.2 Å². The second kappa shape index (κ2) is 10.00. The van der Waals surface area contributed by atoms with Gasteiger partial charge in [-0.2, -0.15) is 0 Å². The van der Waals surface area contributed by atoms with Crippen LogP contribution in [0.3, 0.4) is 0 Å². The van der Waals surface area contributed by atoms with Crippen molar-refractivity contribution in [2.45, 2.75) is 51.3 Å². The number of aliphatic carboxylic acids is 1. The van der Waals surface area contributed by atoms with E-state index in [0.717, 1.165) is 21.0 Å². The summed E-state index contributed by atoms with van der Waals surface area (Å²) in [6.45, 7) is 7.11. The van der Waals surface area contributed by atoms with Crippen molar-refractivity contribution in [3.63, 3.8) is 0 Å². The molecule has 4 heterocycles. The minimum absolute atomic E-state index is 0.0799. The van der Waals surface area contributed by atoms with Gasteiger partial charge in [0.2, 0.25) is 5.91 Å². The summed E-state index contributed by atoms with van der Waals surface area (Å²) in [5.74, 6) is -2.07. The van der Waals surface area contributed by atoms with Gasteiger partial charge < -0.3 is 24.6 Å². The minimum Gasteiger partial charge on any atom is -0.477 e. The van der Waals surface area contributed by atoms with Crippen LogP contribution in [0.15, 0.2) is 41.4 Å². The van der Waals surface area contributed by atoms with Crippen LogP contribution in [0.5, 0.6) is 5.75 Å². The maximum Gasteiger partial charge on any atom is 0.513 e. The standard InChI is InChI=1S/C27H29N3O7S2/c1-13-8-14(2)10-16(9-13)37-26(35)36-7-6-27(4)19(17-11-29-12-28-22(38-5)24(29)39-17)20(25(33)34)30-21(27)18(15(3)31)23(30)32/h8-12,15,18,21,31H,6-7H2,1-5H3,(H,33,34)/t15?,18-,21-,27+/m1/s1. The number of amides is 1. The molecule has 0 saturated carbocycles. The number of carbonyl (C=O) groups is 3. The van der Waals surface area contributed by atoms with E-state index in [-0.39, 0.29) is 18.7 Å². The number of aliphatic hydroxyl groups excluding tert-OH is 1. The van der Waals surface area contributed by atoms with Crippen molar-refractivity contribution in [3.05, 3.63) is 52.4 Å². The van der Waals surface area contributed by atoms with Crippen molar-refractivity contribution in [3.8, 4) is 5.75 Å². The average Bonchev–Trinajstić information content (AvgIpc) is 3.46. The minimum atomic E-state index is -1.23. The Morgan fingerprint density at radius 3 is 2.56 bits per heavy atom. The molecule has 3 aromatic rings. The van der Waals surface area contributed by atoms with Crippen LogP contribution in [-0.4, -0.2) is 67.5 Å². The molecule has 1 unspecified atom stereocenters. The molecule has 1 saturated heterocycles. The van der Waals surface area contributed by atoms with E-state index in [9.17, 15) is 24.6 Å². The van der Waals surface area contributed by atoms with Crippen LogP contribution >= 0.6 is 23.1 Å². The van der Waals surface area contributed by atoms with Crippen LogP contribution in [0.25, 0.3) is 10.4 Å². The fourth-order valence-electron chi connectivity index (χ4n) is 5.83. The lowest BCUT2D eigenvalue weighted by molar-refractivity contribution is -0.167. The second-order valence-electron chi connectivity index (χ2n) is 10.2. The highest BCUT2D eigenvalue weighted by Gasteiger charge is 2.66. The maximum atomic E-state index is 13.1. The summed E-state index contributed by atoms with van der Waals surface area (Å²) in [5.41, 5.74) is 1.32. The number of thiazole rings is 1. The van der Waals surface area contributed by atoms with Crippen molar-refractivity contribution in [1.82, 2.24) is 14.3 Å². The number of aryl methyl sites for hydroxylation is 2. The van der Waals surface area contributed by atoms with Gasteiger partial charge in [0.15, 0.2) is 0 Å². The predicted molar refractivity (Wildman–Crippen MR) is 146 cm³/mol. The summed E-state index contributed by atoms with van der Waals surface area (Å²) in [4.78, 5) is 45.3. The zero-order valence-corrected chi connectivity index (χ0v) is 23.8. The number of aliphatic hydroxyl groups is 1. The molecule has 1 aromatic carbocycles. The number of aromatic nitrogens is 2. The third kappa shape index (κ3) is 4.50. The summed E-state index contributed by atoms with van der Waals surface area (Å²) in [5, 5.41) is 21.5. The largest absolute Gasteiger partial charge is 0.513 e. The monoisotopic (exact) mass is 571 g/mol. The Balaban J connectivity index is 1.47. The molecular formula is C27H29N3O7S2. The first-order valence-corrected chi connectivity index (χ1v) is 14.4. The van der Waals surface area contributed by atoms with Crippen LogP contribution in [0.1, 0.15) is 36.3 Å². The molecule has 0 bridgehead atoms. The fourth-order valence-corrected chi connectivity index (χ4v) is 7.79. The number of carbonyl (C=O) groups excluding carboxylic acids is 2. The van der Waals surface area contributed by atoms with Crippen LogP contribution < -0.4 is 4.74 Å². The van der Waals surface area contributed by atoms with Gasteiger partial charge in [-0.25, -0.2) is 14.6 Å². The van der Waals surface area contributed by atoms with Gasteiger partial charge in [-0.15, -0.1) is 23.1 Å². The van der Waals surface area contributed by atoms with Gasteiger partial charge in [-0.3, -0.25) is 9.20 Å². The number of carboxylic acids is 1. The third-order valence-corrected chi connectivity index (χ3v) is 9.36. The average molecular weight is 572 g/mol. The van der Waals surface area contributed by atoms with E-state index < -0.39 is 41.5 Å². The topological polar surface area (TPSA) is 131 Å². The van der Waals surface area contributed by atoms with Crippen LogP contribution in [0.4, 0.5) is 4.79 Å². The summed E-state index contributed by atoms with van der Waals surface area (Å²) in [6.07, 6.45) is 3.75. The molecule has 2 aromatic heterocycles. The van der Waals surface area contributed by atoms with Gasteiger partial charge in [0, 0.05) is 17.2 Å². The number of fused-ring (bicyclic) bond motifs is 2. The van der Waals surface area contributed by atoms with Gasteiger partial charge in [-0.1, -0.05) is 13.0 Å². The number of nitrogens with zero attached hydrogens (tertiary/aromatic N) is 3. The van der Waals surface area contributed by atoms with Crippen LogP contribution in [-0.2, 0) is 14.3 Å². The van der Waals surface area contributed by atoms with Crippen molar-refractivity contribution >= 4 is 51.5 Å². The molecule has 4 atom stereocenters. The first-order valence-electron chi connectivity index (χ1n) is 12.4. The number of imidazole rings is 1. The van der Waals surface area contributed by atoms with Crippen LogP contribution in [0, 0.1) is 25.2 Å². The number of thioether (sulfide) groups is 1. The highest BCUT2D eigenvalue weighted by Crippen LogP contribution is 2.60. The normalized spacial score (nSPS) is 23.1. The highest BCUT2D eigenvalue weighted by molar-refractivity contribution is 7.98. The Morgan fingerprint density at radius 2 is 1.95 bits per heavy atom. The Hall–Kier alpha value is -3.35. The molecule has 206 valence electrons. The lowest BCUT2D eigenvalue weighted by atomic mass is 9.66. The van der Waals surface area contributed by atoms with Crippen molar-refractivity contribution in [1.29, 1.82) is 0 Å². The molecule has 1 fully saturated rings. The number of hydrogen-bond acceptors (Lipinski definition) is 9. The number of benzene rings is 1.